The number of ether oxygens (including phenoxy) is 1. The van der Waals surface area contributed by atoms with E-state index in [4.69, 9.17) is 9.84 Å². The van der Waals surface area contributed by atoms with Crippen molar-refractivity contribution in [2.24, 2.45) is 0 Å². The summed E-state index contributed by atoms with van der Waals surface area (Å²) in [5.41, 5.74) is 0.804. The van der Waals surface area contributed by atoms with Crippen LogP contribution in [0, 0.1) is 0 Å². The number of nitrogens with zero attached hydrogens (tertiary/aromatic N) is 1. The molecule has 0 saturated carbocycles. The average molecular weight is 305 g/mol. The highest BCUT2D eigenvalue weighted by Gasteiger charge is 2.34. The van der Waals surface area contributed by atoms with Gasteiger partial charge in [0.2, 0.25) is 5.91 Å². The van der Waals surface area contributed by atoms with Gasteiger partial charge in [0.05, 0.1) is 12.6 Å². The first-order valence-corrected chi connectivity index (χ1v) is 7.51. The Balaban J connectivity index is 2.06. The highest BCUT2D eigenvalue weighted by molar-refractivity contribution is 5.80. The molecule has 1 amide bonds. The largest absolute Gasteiger partial charge is 0.479 e. The third-order valence-corrected chi connectivity index (χ3v) is 4.04. The van der Waals surface area contributed by atoms with Gasteiger partial charge in [0.15, 0.2) is 6.10 Å². The number of benzene rings is 1. The molecule has 1 fully saturated rings. The lowest BCUT2D eigenvalue weighted by Crippen LogP contribution is -2.52. The van der Waals surface area contributed by atoms with E-state index in [-0.39, 0.29) is 24.0 Å². The van der Waals surface area contributed by atoms with E-state index >= 15 is 0 Å². The van der Waals surface area contributed by atoms with E-state index < -0.39 is 12.1 Å². The van der Waals surface area contributed by atoms with Crippen LogP contribution in [0.3, 0.4) is 0 Å². The number of carbonyl (C=O) groups is 2. The summed E-state index contributed by atoms with van der Waals surface area (Å²) >= 11 is 0. The number of hydrogen-bond acceptors (Lipinski definition) is 3. The molecule has 0 aliphatic carbocycles. The second-order valence-corrected chi connectivity index (χ2v) is 6.50. The van der Waals surface area contributed by atoms with Gasteiger partial charge < -0.3 is 14.7 Å². The Kier molecular flexibility index (Phi) is 4.86. The van der Waals surface area contributed by atoms with E-state index in [0.29, 0.717) is 13.0 Å². The number of morpholine rings is 1. The van der Waals surface area contributed by atoms with Gasteiger partial charge in [-0.05, 0) is 17.9 Å². The molecule has 0 bridgehead atoms. The number of amides is 1. The molecule has 0 spiro atoms. The first kappa shape index (κ1) is 16.5. The zero-order valence-corrected chi connectivity index (χ0v) is 13.3. The van der Waals surface area contributed by atoms with Gasteiger partial charge in [-0.15, -0.1) is 0 Å². The molecule has 1 unspecified atom stereocenters. The van der Waals surface area contributed by atoms with E-state index in [1.807, 2.05) is 44.2 Å². The van der Waals surface area contributed by atoms with Crippen LogP contribution in [-0.4, -0.2) is 47.2 Å². The molecule has 1 aromatic rings. The Morgan fingerprint density at radius 3 is 2.50 bits per heavy atom. The Hall–Kier alpha value is -1.88. The van der Waals surface area contributed by atoms with Gasteiger partial charge in [-0.1, -0.05) is 44.2 Å². The maximum absolute atomic E-state index is 12.6. The Labute approximate surface area is 130 Å². The zero-order chi connectivity index (χ0) is 16.3. The van der Waals surface area contributed by atoms with Crippen molar-refractivity contribution < 1.29 is 19.4 Å². The fourth-order valence-electron chi connectivity index (χ4n) is 2.77. The van der Waals surface area contributed by atoms with E-state index in [2.05, 4.69) is 0 Å². The van der Waals surface area contributed by atoms with Crippen molar-refractivity contribution in [3.05, 3.63) is 35.9 Å². The summed E-state index contributed by atoms with van der Waals surface area (Å²) in [5, 5.41) is 9.10. The van der Waals surface area contributed by atoms with Crippen LogP contribution in [0.2, 0.25) is 0 Å². The van der Waals surface area contributed by atoms with Crippen molar-refractivity contribution in [1.82, 2.24) is 4.90 Å². The molecule has 5 nitrogen and oxygen atoms in total. The minimum absolute atomic E-state index is 0.0322. The molecule has 1 saturated heterocycles. The minimum atomic E-state index is -1.02. The third-order valence-electron chi connectivity index (χ3n) is 4.04. The summed E-state index contributed by atoms with van der Waals surface area (Å²) in [7, 11) is 0. The predicted octanol–water partition coefficient (Wildman–Crippen LogP) is 2.05. The summed E-state index contributed by atoms with van der Waals surface area (Å²) in [6, 6.07) is 9.88. The quantitative estimate of drug-likeness (QED) is 0.924. The number of carboxylic acid groups (broad SMARTS) is 1. The summed E-state index contributed by atoms with van der Waals surface area (Å²) in [6.07, 6.45) is -0.859. The lowest BCUT2D eigenvalue weighted by Gasteiger charge is -2.37. The second-order valence-electron chi connectivity index (χ2n) is 6.50. The van der Waals surface area contributed by atoms with E-state index in [1.165, 1.54) is 0 Å². The van der Waals surface area contributed by atoms with Crippen LogP contribution in [0.1, 0.15) is 32.8 Å². The predicted molar refractivity (Wildman–Crippen MR) is 82.6 cm³/mol. The van der Waals surface area contributed by atoms with Gasteiger partial charge in [0, 0.05) is 13.0 Å². The standard InChI is InChI=1S/C17H23NO4/c1-12-10-18(11-14(22-12)16(20)21)15(19)9-17(2,3)13-7-5-4-6-8-13/h4-8,12,14H,9-11H2,1-3H3,(H,20,21)/t12-,14?/m1/s1. The zero-order valence-electron chi connectivity index (χ0n) is 13.3. The number of aliphatic carboxylic acids is 1. The van der Waals surface area contributed by atoms with Gasteiger partial charge in [0.25, 0.3) is 0 Å². The summed E-state index contributed by atoms with van der Waals surface area (Å²) in [5.74, 6) is -1.05. The SMILES string of the molecule is C[C@@H]1CN(C(=O)CC(C)(C)c2ccccc2)CC(C(=O)O)O1. The highest BCUT2D eigenvalue weighted by atomic mass is 16.5. The Bertz CT molecular complexity index is 541. The molecule has 22 heavy (non-hydrogen) atoms. The Morgan fingerprint density at radius 1 is 1.27 bits per heavy atom. The van der Waals surface area contributed by atoms with Crippen molar-refractivity contribution in [3.8, 4) is 0 Å². The average Bonchev–Trinajstić information content (AvgIpc) is 2.47. The Morgan fingerprint density at radius 2 is 1.91 bits per heavy atom. The maximum Gasteiger partial charge on any atom is 0.334 e. The van der Waals surface area contributed by atoms with Gasteiger partial charge in [-0.25, -0.2) is 4.79 Å². The smallest absolute Gasteiger partial charge is 0.334 e. The van der Waals surface area contributed by atoms with Gasteiger partial charge >= 0.3 is 5.97 Å². The number of hydrogen-bond donors (Lipinski definition) is 1. The minimum Gasteiger partial charge on any atom is -0.479 e. The van der Waals surface area contributed by atoms with Crippen LogP contribution in [0.25, 0.3) is 0 Å². The van der Waals surface area contributed by atoms with Crippen LogP contribution < -0.4 is 0 Å². The fourth-order valence-corrected chi connectivity index (χ4v) is 2.77. The number of carboxylic acids is 1. The van der Waals surface area contributed by atoms with Gasteiger partial charge in [0.1, 0.15) is 0 Å². The number of rotatable bonds is 4. The molecule has 1 heterocycles. The molecule has 1 aliphatic heterocycles. The topological polar surface area (TPSA) is 66.8 Å². The normalized spacial score (nSPS) is 22.4. The molecule has 2 rings (SSSR count). The highest BCUT2D eigenvalue weighted by Crippen LogP contribution is 2.28. The molecule has 0 aromatic heterocycles. The van der Waals surface area contributed by atoms with Crippen LogP contribution >= 0.6 is 0 Å². The number of carbonyl (C=O) groups excluding carboxylic acids is 1. The molecule has 1 N–H and O–H groups in total. The van der Waals surface area contributed by atoms with Crippen molar-refractivity contribution in [1.29, 1.82) is 0 Å². The summed E-state index contributed by atoms with van der Waals surface area (Å²) < 4.78 is 5.35. The van der Waals surface area contributed by atoms with Crippen LogP contribution in [-0.2, 0) is 19.7 Å². The lowest BCUT2D eigenvalue weighted by molar-refractivity contribution is -0.166. The van der Waals surface area contributed by atoms with Crippen LogP contribution in [0.5, 0.6) is 0 Å². The molecule has 2 atom stereocenters. The second kappa shape index (κ2) is 6.48. The van der Waals surface area contributed by atoms with Gasteiger partial charge in [-0.3, -0.25) is 4.79 Å². The van der Waals surface area contributed by atoms with Crippen LogP contribution in [0.15, 0.2) is 30.3 Å². The molecule has 5 heteroatoms. The van der Waals surface area contributed by atoms with Crippen LogP contribution in [0.4, 0.5) is 0 Å². The van der Waals surface area contributed by atoms with Crippen molar-refractivity contribution in [2.45, 2.75) is 44.8 Å². The first-order chi connectivity index (χ1) is 10.3. The van der Waals surface area contributed by atoms with Gasteiger partial charge in [-0.2, -0.15) is 0 Å². The lowest BCUT2D eigenvalue weighted by atomic mass is 9.81. The molecule has 1 aliphatic rings. The first-order valence-electron chi connectivity index (χ1n) is 7.51. The van der Waals surface area contributed by atoms with Crippen molar-refractivity contribution >= 4 is 11.9 Å². The molecule has 1 aromatic carbocycles. The van der Waals surface area contributed by atoms with Crippen molar-refractivity contribution in [2.75, 3.05) is 13.1 Å². The fraction of sp³-hybridized carbons (Fsp3) is 0.529. The molecular weight excluding hydrogens is 282 g/mol. The third kappa shape index (κ3) is 3.85. The van der Waals surface area contributed by atoms with E-state index in [1.54, 1.807) is 11.8 Å². The summed E-state index contributed by atoms with van der Waals surface area (Å²) in [4.78, 5) is 25.3. The summed E-state index contributed by atoms with van der Waals surface area (Å²) in [6.45, 7) is 6.39. The van der Waals surface area contributed by atoms with E-state index in [0.717, 1.165) is 5.56 Å². The molecule has 120 valence electrons. The monoisotopic (exact) mass is 305 g/mol. The molecular formula is C17H23NO4. The van der Waals surface area contributed by atoms with Crippen molar-refractivity contribution in [3.63, 3.8) is 0 Å². The molecule has 0 radical (unpaired) electrons. The maximum atomic E-state index is 12.6. The van der Waals surface area contributed by atoms with E-state index in [9.17, 15) is 9.59 Å².